The summed E-state index contributed by atoms with van der Waals surface area (Å²) in [4.78, 5) is 4.34. The van der Waals surface area contributed by atoms with Crippen LogP contribution < -0.4 is 51.4 Å². The number of hydrogen-bond acceptors (Lipinski definition) is 2. The molecule has 2 aliphatic heterocycles. The molecule has 2 saturated heterocycles. The van der Waals surface area contributed by atoms with Crippen molar-refractivity contribution in [3.8, 4) is 0 Å². The molecule has 7 heteroatoms. The van der Waals surface area contributed by atoms with E-state index < -0.39 is 12.4 Å². The van der Waals surface area contributed by atoms with Gasteiger partial charge < -0.3 is 17.8 Å². The predicted molar refractivity (Wildman–Crippen MR) is 63.9 cm³/mol. The first-order chi connectivity index (χ1) is 7.97. The van der Waals surface area contributed by atoms with E-state index in [2.05, 4.69) is 11.5 Å². The van der Waals surface area contributed by atoms with E-state index in [9.17, 15) is 12.9 Å². The molecule has 0 saturated carbocycles. The van der Waals surface area contributed by atoms with Gasteiger partial charge in [0.15, 0.2) is 0 Å². The number of nitrogens with zero attached hydrogens (tertiary/aromatic N) is 2. The minimum absolute atomic E-state index is 0. The summed E-state index contributed by atoms with van der Waals surface area (Å²) in [6, 6.07) is 0.464. The zero-order chi connectivity index (χ0) is 12.5. The first kappa shape index (κ1) is 17.2. The third kappa shape index (κ3) is 4.61. The van der Waals surface area contributed by atoms with Gasteiger partial charge in [-0.2, -0.15) is 0 Å². The van der Waals surface area contributed by atoms with Crippen molar-refractivity contribution in [1.29, 1.82) is 0 Å². The summed E-state index contributed by atoms with van der Waals surface area (Å²) in [5, 5.41) is 0. The molecular weight excluding hydrogens is 267 g/mol. The van der Waals surface area contributed by atoms with Crippen molar-refractivity contribution in [3.63, 3.8) is 0 Å². The Bertz CT molecular complexity index is 299. The van der Waals surface area contributed by atoms with Crippen molar-refractivity contribution >= 4 is 6.98 Å². The van der Waals surface area contributed by atoms with Crippen LogP contribution in [0.1, 0.15) is 19.3 Å². The van der Waals surface area contributed by atoms with E-state index in [1.807, 2.05) is 4.90 Å². The fourth-order valence-electron chi connectivity index (χ4n) is 2.82. The average molecular weight is 286 g/mol. The number of hydrogen-bond donors (Lipinski definition) is 0. The molecule has 1 unspecified atom stereocenters. The maximum atomic E-state index is 12.5. The molecular formula is C11H19BF3KN2. The van der Waals surface area contributed by atoms with Crippen molar-refractivity contribution < 1.29 is 64.3 Å². The minimum atomic E-state index is -4.88. The molecule has 1 atom stereocenters. The molecule has 0 aromatic carbocycles. The summed E-state index contributed by atoms with van der Waals surface area (Å²) >= 11 is 0. The van der Waals surface area contributed by atoms with E-state index in [1.54, 1.807) is 0 Å². The average Bonchev–Trinajstić information content (AvgIpc) is 2.56. The summed E-state index contributed by atoms with van der Waals surface area (Å²) < 4.78 is 37.5. The molecule has 0 spiro atoms. The first-order valence-corrected chi connectivity index (χ1v) is 6.31. The van der Waals surface area contributed by atoms with Crippen LogP contribution in [0.25, 0.3) is 0 Å². The second-order valence-corrected chi connectivity index (χ2v) is 5.15. The van der Waals surface area contributed by atoms with Crippen LogP contribution in [0.3, 0.4) is 0 Å². The molecule has 0 amide bonds. The third-order valence-electron chi connectivity index (χ3n) is 3.78. The smallest absolute Gasteiger partial charge is 0.445 e. The molecule has 0 bridgehead atoms. The Morgan fingerprint density at radius 1 is 1.17 bits per heavy atom. The van der Waals surface area contributed by atoms with Crippen LogP contribution in [-0.2, 0) is 0 Å². The largest absolute Gasteiger partial charge is 1.00 e. The summed E-state index contributed by atoms with van der Waals surface area (Å²) in [5.41, 5.74) is -0.559. The van der Waals surface area contributed by atoms with Gasteiger partial charge in [0.05, 0.1) is 0 Å². The predicted octanol–water partition coefficient (Wildman–Crippen LogP) is -0.897. The maximum Gasteiger partial charge on any atom is 1.00 e. The first-order valence-electron chi connectivity index (χ1n) is 6.31. The molecule has 0 aromatic heterocycles. The van der Waals surface area contributed by atoms with Crippen LogP contribution in [0.15, 0.2) is 12.1 Å². The summed E-state index contributed by atoms with van der Waals surface area (Å²) in [7, 11) is 0. The van der Waals surface area contributed by atoms with E-state index in [4.69, 9.17) is 0 Å². The van der Waals surface area contributed by atoms with Gasteiger partial charge in [0.2, 0.25) is 0 Å². The Kier molecular flexibility index (Phi) is 6.92. The van der Waals surface area contributed by atoms with E-state index in [0.717, 1.165) is 39.0 Å². The van der Waals surface area contributed by atoms with Gasteiger partial charge in [-0.1, -0.05) is 0 Å². The van der Waals surface area contributed by atoms with E-state index in [0.29, 0.717) is 6.04 Å². The molecule has 98 valence electrons. The van der Waals surface area contributed by atoms with Crippen LogP contribution in [-0.4, -0.2) is 55.5 Å². The molecule has 18 heavy (non-hydrogen) atoms. The number of halogens is 3. The zero-order valence-electron chi connectivity index (χ0n) is 11.0. The molecule has 0 radical (unpaired) electrons. The van der Waals surface area contributed by atoms with Crippen LogP contribution in [0.2, 0.25) is 0 Å². The van der Waals surface area contributed by atoms with E-state index in [-0.39, 0.29) is 57.9 Å². The quantitative estimate of drug-likeness (QED) is 0.621. The van der Waals surface area contributed by atoms with Crippen LogP contribution >= 0.6 is 0 Å². The molecule has 2 fully saturated rings. The molecule has 2 aliphatic rings. The zero-order valence-corrected chi connectivity index (χ0v) is 14.2. The Morgan fingerprint density at radius 3 is 2.50 bits per heavy atom. The van der Waals surface area contributed by atoms with Gasteiger partial charge in [-0.05, 0) is 45.4 Å². The maximum absolute atomic E-state index is 12.5. The van der Waals surface area contributed by atoms with Crippen molar-refractivity contribution in [1.82, 2.24) is 9.80 Å². The molecule has 2 nitrogen and oxygen atoms in total. The normalized spacial score (nSPS) is 26.3. The molecule has 0 N–H and O–H groups in total. The number of rotatable bonds is 3. The third-order valence-corrected chi connectivity index (χ3v) is 3.78. The van der Waals surface area contributed by atoms with Gasteiger partial charge in [-0.15, -0.1) is 12.1 Å². The Morgan fingerprint density at radius 2 is 1.83 bits per heavy atom. The standard InChI is InChI=1S/C11H19BF3N2.K/c1-10(12(13,14)15)8-16-5-3-7-17-6-2-4-11(17)9-16;/h11H,1-9H2;/q-1;+1. The van der Waals surface area contributed by atoms with E-state index in [1.165, 1.54) is 6.42 Å². The fourth-order valence-corrected chi connectivity index (χ4v) is 2.82. The van der Waals surface area contributed by atoms with Gasteiger partial charge in [0.25, 0.3) is 0 Å². The molecule has 0 aromatic rings. The Balaban J connectivity index is 0.00000162. The summed E-state index contributed by atoms with van der Waals surface area (Å²) in [6.07, 6.45) is 3.28. The Labute approximate surface area is 149 Å². The SMILES string of the molecule is C=C(CN1CCCN2CCCC2C1)[B-](F)(F)F.[K+]. The van der Waals surface area contributed by atoms with Crippen molar-refractivity contribution in [3.05, 3.63) is 12.1 Å². The summed E-state index contributed by atoms with van der Waals surface area (Å²) in [5.74, 6) is 0. The summed E-state index contributed by atoms with van der Waals surface area (Å²) in [6.45, 7) is 1.98. The molecule has 2 rings (SSSR count). The molecule has 0 aliphatic carbocycles. The van der Waals surface area contributed by atoms with Gasteiger partial charge >= 0.3 is 58.4 Å². The minimum Gasteiger partial charge on any atom is -0.445 e. The van der Waals surface area contributed by atoms with Gasteiger partial charge in [-0.25, -0.2) is 0 Å². The van der Waals surface area contributed by atoms with Crippen molar-refractivity contribution in [2.45, 2.75) is 25.3 Å². The second-order valence-electron chi connectivity index (χ2n) is 5.15. The van der Waals surface area contributed by atoms with E-state index >= 15 is 0 Å². The van der Waals surface area contributed by atoms with Crippen LogP contribution in [0.4, 0.5) is 12.9 Å². The molecule has 2 heterocycles. The van der Waals surface area contributed by atoms with Crippen LogP contribution in [0, 0.1) is 0 Å². The van der Waals surface area contributed by atoms with Gasteiger partial charge in [-0.3, -0.25) is 4.90 Å². The van der Waals surface area contributed by atoms with Gasteiger partial charge in [0.1, 0.15) is 0 Å². The monoisotopic (exact) mass is 286 g/mol. The Hall–Kier alpha value is 1.15. The van der Waals surface area contributed by atoms with Gasteiger partial charge in [0, 0.05) is 12.6 Å². The van der Waals surface area contributed by atoms with Crippen molar-refractivity contribution in [2.24, 2.45) is 0 Å². The topological polar surface area (TPSA) is 6.48 Å². The number of fused-ring (bicyclic) bond motifs is 1. The van der Waals surface area contributed by atoms with Crippen LogP contribution in [0.5, 0.6) is 0 Å². The van der Waals surface area contributed by atoms with Crippen molar-refractivity contribution in [2.75, 3.05) is 32.7 Å². The fraction of sp³-hybridized carbons (Fsp3) is 0.818. The second kappa shape index (κ2) is 7.24.